The molecule has 2 atom stereocenters. The van der Waals surface area contributed by atoms with E-state index in [-0.39, 0.29) is 42.4 Å². The van der Waals surface area contributed by atoms with E-state index in [1.807, 2.05) is 29.1 Å². The summed E-state index contributed by atoms with van der Waals surface area (Å²) in [5.41, 5.74) is 2.84. The Morgan fingerprint density at radius 3 is 2.80 bits per heavy atom. The first-order valence-electron chi connectivity index (χ1n) is 14.5. The van der Waals surface area contributed by atoms with Gasteiger partial charge in [0.05, 0.1) is 30.5 Å². The molecule has 1 aromatic carbocycles. The Morgan fingerprint density at radius 2 is 2.05 bits per heavy atom. The Bertz CT molecular complexity index is 1810. The van der Waals surface area contributed by atoms with Gasteiger partial charge < -0.3 is 19.3 Å². The molecule has 0 radical (unpaired) electrons. The first-order chi connectivity index (χ1) is 21.3. The number of rotatable bonds is 7. The Kier molecular flexibility index (Phi) is 8.49. The lowest BCUT2D eigenvalue weighted by atomic mass is 9.97. The van der Waals surface area contributed by atoms with Gasteiger partial charge in [-0.3, -0.25) is 9.48 Å². The lowest BCUT2D eigenvalue weighted by Gasteiger charge is -2.33. The van der Waals surface area contributed by atoms with Crippen LogP contribution in [0.15, 0.2) is 42.3 Å². The highest BCUT2D eigenvalue weighted by Gasteiger charge is 2.31. The number of hydrogen-bond acceptors (Lipinski definition) is 7. The van der Waals surface area contributed by atoms with Crippen LogP contribution in [-0.4, -0.2) is 77.5 Å². The average molecular weight is 618 g/mol. The maximum absolute atomic E-state index is 15.9. The number of carbonyl (C=O) groups is 1. The van der Waals surface area contributed by atoms with Crippen molar-refractivity contribution in [2.45, 2.75) is 25.9 Å². The summed E-state index contributed by atoms with van der Waals surface area (Å²) in [6, 6.07) is 5.58. The highest BCUT2D eigenvalue weighted by molar-refractivity contribution is 7.17. The van der Waals surface area contributed by atoms with Crippen LogP contribution in [0, 0.1) is 29.4 Å². The molecule has 8 nitrogen and oxygen atoms in total. The minimum absolute atomic E-state index is 0.0465. The largest absolute Gasteiger partial charge is 0.490 e. The van der Waals surface area contributed by atoms with Gasteiger partial charge >= 0.3 is 0 Å². The molecule has 0 bridgehead atoms. The van der Waals surface area contributed by atoms with Gasteiger partial charge in [0.2, 0.25) is 5.91 Å². The fourth-order valence-electron chi connectivity index (χ4n) is 5.94. The Morgan fingerprint density at radius 1 is 1.20 bits per heavy atom. The van der Waals surface area contributed by atoms with Crippen molar-refractivity contribution in [2.75, 3.05) is 47.0 Å². The molecule has 0 spiro atoms. The molecule has 2 aliphatic rings. The lowest BCUT2D eigenvalue weighted by molar-refractivity contribution is -0.129. The third kappa shape index (κ3) is 5.61. The molecule has 44 heavy (non-hydrogen) atoms. The molecule has 5 heterocycles. The van der Waals surface area contributed by atoms with Gasteiger partial charge in [-0.25, -0.2) is 13.8 Å². The predicted molar refractivity (Wildman–Crippen MR) is 166 cm³/mol. The molecule has 3 aromatic heterocycles. The van der Waals surface area contributed by atoms with Crippen molar-refractivity contribution in [1.82, 2.24) is 24.6 Å². The van der Waals surface area contributed by atoms with Crippen molar-refractivity contribution < 1.29 is 23.0 Å². The minimum atomic E-state index is -0.775. The van der Waals surface area contributed by atoms with Gasteiger partial charge in [0.25, 0.3) is 0 Å². The fraction of sp³-hybridized carbons (Fsp3) is 0.364. The van der Waals surface area contributed by atoms with Crippen LogP contribution >= 0.6 is 11.3 Å². The van der Waals surface area contributed by atoms with Gasteiger partial charge in [-0.05, 0) is 56.4 Å². The molecule has 1 fully saturated rings. The number of thiophene rings is 1. The summed E-state index contributed by atoms with van der Waals surface area (Å²) in [5.74, 6) is 5.31. The Labute approximate surface area is 258 Å². The maximum Gasteiger partial charge on any atom is 0.246 e. The molecule has 4 aromatic rings. The molecule has 11 heteroatoms. The second-order valence-electron chi connectivity index (χ2n) is 11.1. The van der Waals surface area contributed by atoms with E-state index in [0.717, 1.165) is 41.4 Å². The number of pyridine rings is 1. The molecule has 1 amide bonds. The zero-order valence-corrected chi connectivity index (χ0v) is 25.7. The molecular formula is C33H33F2N5O3S. The second-order valence-corrected chi connectivity index (χ2v) is 12.0. The number of ether oxygens (including phenoxy) is 2. The molecule has 0 N–H and O–H groups in total. The number of likely N-dealkylation sites (tertiary alicyclic amines) is 1. The monoisotopic (exact) mass is 617 g/mol. The normalized spacial score (nSPS) is 18.2. The standard InChI is InChI=1S/C33H33F2N5O3S/c1-5-29(41)39-11-12-40-27(20(39)2)18-26(37-40)32-31(30-24(35)16-22(34)17-28(30)43-14-13-42-4)33-23(9-15-44-33)25(36-32)7-6-21-8-10-38(3)19-21/h5,9,15-18,20-21H,1,8,10-14,19H2,2-4H3. The van der Waals surface area contributed by atoms with Gasteiger partial charge in [-0.1, -0.05) is 12.5 Å². The zero-order valence-electron chi connectivity index (χ0n) is 24.9. The van der Waals surface area contributed by atoms with E-state index in [2.05, 4.69) is 30.4 Å². The molecule has 0 saturated carbocycles. The summed E-state index contributed by atoms with van der Waals surface area (Å²) in [6.45, 7) is 8.75. The topological polar surface area (TPSA) is 72.7 Å². The van der Waals surface area contributed by atoms with Crippen LogP contribution in [0.1, 0.15) is 30.8 Å². The van der Waals surface area contributed by atoms with E-state index < -0.39 is 11.6 Å². The number of amides is 1. The van der Waals surface area contributed by atoms with Gasteiger partial charge in [-0.15, -0.1) is 11.3 Å². The Hall–Kier alpha value is -4.11. The number of fused-ring (bicyclic) bond motifs is 2. The van der Waals surface area contributed by atoms with Crippen LogP contribution in [0.4, 0.5) is 8.78 Å². The number of halogens is 2. The molecule has 0 aliphatic carbocycles. The van der Waals surface area contributed by atoms with E-state index in [1.165, 1.54) is 30.6 Å². The van der Waals surface area contributed by atoms with E-state index in [4.69, 9.17) is 19.6 Å². The zero-order chi connectivity index (χ0) is 31.0. The van der Waals surface area contributed by atoms with Crippen LogP contribution in [0.5, 0.6) is 5.75 Å². The van der Waals surface area contributed by atoms with Gasteiger partial charge in [0.1, 0.15) is 41.1 Å². The minimum Gasteiger partial charge on any atom is -0.490 e. The second kappa shape index (κ2) is 12.5. The van der Waals surface area contributed by atoms with Crippen molar-refractivity contribution in [3.63, 3.8) is 0 Å². The predicted octanol–water partition coefficient (Wildman–Crippen LogP) is 5.52. The van der Waals surface area contributed by atoms with Crippen molar-refractivity contribution in [3.8, 4) is 40.1 Å². The smallest absolute Gasteiger partial charge is 0.246 e. The highest BCUT2D eigenvalue weighted by Crippen LogP contribution is 2.45. The molecular weight excluding hydrogens is 584 g/mol. The van der Waals surface area contributed by atoms with E-state index >= 15 is 4.39 Å². The van der Waals surface area contributed by atoms with Crippen molar-refractivity contribution in [1.29, 1.82) is 0 Å². The first kappa shape index (κ1) is 29.9. The van der Waals surface area contributed by atoms with Gasteiger partial charge in [0, 0.05) is 53.9 Å². The molecule has 6 rings (SSSR count). The summed E-state index contributed by atoms with van der Waals surface area (Å²) in [6.07, 6.45) is 2.29. The van der Waals surface area contributed by atoms with Crippen molar-refractivity contribution in [2.24, 2.45) is 5.92 Å². The van der Waals surface area contributed by atoms with E-state index in [9.17, 15) is 9.18 Å². The number of nitrogens with zero attached hydrogens (tertiary/aromatic N) is 5. The number of aromatic nitrogens is 3. The number of methoxy groups -OCH3 is 1. The summed E-state index contributed by atoms with van der Waals surface area (Å²) >= 11 is 1.43. The van der Waals surface area contributed by atoms with Crippen LogP contribution < -0.4 is 4.74 Å². The highest BCUT2D eigenvalue weighted by atomic mass is 32.1. The lowest BCUT2D eigenvalue weighted by Crippen LogP contribution is -2.40. The van der Waals surface area contributed by atoms with Gasteiger partial charge in [-0.2, -0.15) is 5.10 Å². The summed E-state index contributed by atoms with van der Waals surface area (Å²) in [4.78, 5) is 21.6. The number of carbonyl (C=O) groups excluding carboxylic acids is 1. The average Bonchev–Trinajstić information content (AvgIpc) is 3.76. The summed E-state index contributed by atoms with van der Waals surface area (Å²) in [7, 11) is 3.61. The number of benzene rings is 1. The summed E-state index contributed by atoms with van der Waals surface area (Å²) in [5, 5.41) is 7.59. The first-order valence-corrected chi connectivity index (χ1v) is 15.4. The van der Waals surface area contributed by atoms with Crippen LogP contribution in [0.3, 0.4) is 0 Å². The quantitative estimate of drug-likeness (QED) is 0.155. The summed E-state index contributed by atoms with van der Waals surface area (Å²) < 4.78 is 44.0. The molecule has 228 valence electrons. The Balaban J connectivity index is 1.57. The molecule has 2 unspecified atom stereocenters. The third-order valence-corrected chi connectivity index (χ3v) is 9.10. The van der Waals surface area contributed by atoms with Crippen LogP contribution in [-0.2, 0) is 16.1 Å². The maximum atomic E-state index is 15.9. The van der Waals surface area contributed by atoms with Crippen molar-refractivity contribution >= 4 is 27.3 Å². The van der Waals surface area contributed by atoms with Crippen molar-refractivity contribution in [3.05, 3.63) is 65.3 Å². The van der Waals surface area contributed by atoms with E-state index in [0.29, 0.717) is 35.7 Å². The number of hydrogen-bond donors (Lipinski definition) is 0. The third-order valence-electron chi connectivity index (χ3n) is 8.17. The van der Waals surface area contributed by atoms with Crippen LogP contribution in [0.2, 0.25) is 0 Å². The van der Waals surface area contributed by atoms with Crippen LogP contribution in [0.25, 0.3) is 32.6 Å². The van der Waals surface area contributed by atoms with Gasteiger partial charge in [0.15, 0.2) is 0 Å². The fourth-order valence-corrected chi connectivity index (χ4v) is 6.89. The van der Waals surface area contributed by atoms with E-state index in [1.54, 1.807) is 4.90 Å². The molecule has 2 aliphatic heterocycles. The molecule has 1 saturated heterocycles. The SMILES string of the molecule is C=CC(=O)N1CCn2nc(-c3nc(C#CC4CCN(C)C4)c4ccsc4c3-c3c(F)cc(F)cc3OCCOC)cc2C1C.